The van der Waals surface area contributed by atoms with Gasteiger partial charge in [0.15, 0.2) is 0 Å². The summed E-state index contributed by atoms with van der Waals surface area (Å²) in [6, 6.07) is 0.833. The largest absolute Gasteiger partial charge is 0.345 e. The van der Waals surface area contributed by atoms with Gasteiger partial charge in [-0.3, -0.25) is 9.69 Å². The number of carbonyl (C=O) groups is 1. The van der Waals surface area contributed by atoms with E-state index in [2.05, 4.69) is 26.7 Å². The summed E-state index contributed by atoms with van der Waals surface area (Å²) < 4.78 is 0. The molecule has 1 saturated carbocycles. The van der Waals surface area contributed by atoms with E-state index in [1.165, 1.54) is 19.3 Å². The molecule has 0 atom stereocenters. The Bertz CT molecular complexity index is 509. The van der Waals surface area contributed by atoms with Crippen LogP contribution in [0, 0.1) is 0 Å². The van der Waals surface area contributed by atoms with Crippen molar-refractivity contribution in [3.05, 3.63) is 18.0 Å². The highest BCUT2D eigenvalue weighted by molar-refractivity contribution is 5.46. The van der Waals surface area contributed by atoms with Crippen LogP contribution in [0.4, 0.5) is 5.95 Å². The lowest BCUT2D eigenvalue weighted by Gasteiger charge is -2.42. The molecule has 2 aliphatic rings. The molecule has 0 bridgehead atoms. The zero-order valence-corrected chi connectivity index (χ0v) is 14.7. The van der Waals surface area contributed by atoms with Crippen molar-refractivity contribution in [2.75, 3.05) is 44.2 Å². The number of nitrogens with zero attached hydrogens (tertiary/aromatic N) is 5. The summed E-state index contributed by atoms with van der Waals surface area (Å²) in [7, 11) is 0. The molecule has 0 radical (unpaired) electrons. The third-order valence-electron chi connectivity index (χ3n) is 5.23. The zero-order valence-electron chi connectivity index (χ0n) is 14.7. The molecule has 0 unspecified atom stereocenters. The lowest BCUT2D eigenvalue weighted by atomic mass is 9.91. The number of hydrogen-bond acceptors (Lipinski definition) is 5. The Balaban J connectivity index is 1.46. The molecule has 6 heteroatoms. The quantitative estimate of drug-likeness (QED) is 0.677. The normalized spacial score (nSPS) is 19.1. The first-order valence-electron chi connectivity index (χ1n) is 9.29. The van der Waals surface area contributed by atoms with Gasteiger partial charge in [0.05, 0.1) is 0 Å². The first-order valence-corrected chi connectivity index (χ1v) is 9.29. The number of rotatable bonds is 8. The Morgan fingerprint density at radius 3 is 2.42 bits per heavy atom. The average Bonchev–Trinajstić information content (AvgIpc) is 2.58. The number of amides is 1. The fourth-order valence-corrected chi connectivity index (χ4v) is 3.46. The van der Waals surface area contributed by atoms with Crippen LogP contribution in [0.3, 0.4) is 0 Å². The molecule has 3 rings (SSSR count). The summed E-state index contributed by atoms with van der Waals surface area (Å²) in [6.45, 7) is 7.92. The van der Waals surface area contributed by atoms with E-state index >= 15 is 0 Å². The fourth-order valence-electron chi connectivity index (χ4n) is 3.46. The van der Waals surface area contributed by atoms with Crippen LogP contribution in [-0.4, -0.2) is 71.5 Å². The van der Waals surface area contributed by atoms with Crippen LogP contribution in [0.2, 0.25) is 0 Å². The van der Waals surface area contributed by atoms with Gasteiger partial charge in [-0.1, -0.05) is 13.3 Å². The van der Waals surface area contributed by atoms with Crippen molar-refractivity contribution in [3.8, 4) is 0 Å². The minimum atomic E-state index is 0.736. The third kappa shape index (κ3) is 4.23. The maximum Gasteiger partial charge on any atom is 0.225 e. The predicted octanol–water partition coefficient (Wildman–Crippen LogP) is 1.56. The lowest BCUT2D eigenvalue weighted by Crippen LogP contribution is -2.52. The summed E-state index contributed by atoms with van der Waals surface area (Å²) in [5.74, 6) is 0.841. The summed E-state index contributed by atoms with van der Waals surface area (Å²) in [4.78, 5) is 26.8. The van der Waals surface area contributed by atoms with E-state index in [4.69, 9.17) is 0 Å². The Morgan fingerprint density at radius 2 is 1.88 bits per heavy atom. The standard InChI is InChI=1S/C18H29N5O/c1-2-7-21(15-24)8-6-16-13-19-18(20-14-16)23-11-9-22(10-12-23)17-4-3-5-17/h13-15,17H,2-12H2,1H3. The zero-order chi connectivity index (χ0) is 16.8. The second-order valence-corrected chi connectivity index (χ2v) is 6.89. The van der Waals surface area contributed by atoms with Crippen molar-refractivity contribution in [2.24, 2.45) is 0 Å². The smallest absolute Gasteiger partial charge is 0.225 e. The Morgan fingerprint density at radius 1 is 1.17 bits per heavy atom. The van der Waals surface area contributed by atoms with E-state index in [0.717, 1.165) is 76.1 Å². The maximum absolute atomic E-state index is 11.0. The van der Waals surface area contributed by atoms with Gasteiger partial charge >= 0.3 is 0 Å². The van der Waals surface area contributed by atoms with Crippen LogP contribution < -0.4 is 4.90 Å². The van der Waals surface area contributed by atoms with E-state index in [0.29, 0.717) is 0 Å². The summed E-state index contributed by atoms with van der Waals surface area (Å²) >= 11 is 0. The van der Waals surface area contributed by atoms with E-state index in [1.54, 1.807) is 0 Å². The number of piperazine rings is 1. The van der Waals surface area contributed by atoms with Crippen molar-refractivity contribution in [1.82, 2.24) is 19.8 Å². The van der Waals surface area contributed by atoms with Crippen LogP contribution in [0.5, 0.6) is 0 Å². The van der Waals surface area contributed by atoms with Crippen molar-refractivity contribution in [2.45, 2.75) is 45.1 Å². The van der Waals surface area contributed by atoms with Crippen LogP contribution in [-0.2, 0) is 11.2 Å². The molecule has 1 aromatic heterocycles. The highest BCUT2D eigenvalue weighted by Crippen LogP contribution is 2.26. The number of aromatic nitrogens is 2. The average molecular weight is 331 g/mol. The lowest BCUT2D eigenvalue weighted by molar-refractivity contribution is -0.118. The van der Waals surface area contributed by atoms with Crippen LogP contribution in [0.1, 0.15) is 38.2 Å². The van der Waals surface area contributed by atoms with Crippen molar-refractivity contribution in [3.63, 3.8) is 0 Å². The number of hydrogen-bond donors (Lipinski definition) is 0. The van der Waals surface area contributed by atoms with Gasteiger partial charge in [0.1, 0.15) is 0 Å². The minimum absolute atomic E-state index is 0.736. The maximum atomic E-state index is 11.0. The van der Waals surface area contributed by atoms with Gasteiger partial charge in [-0.2, -0.15) is 0 Å². The van der Waals surface area contributed by atoms with E-state index in [9.17, 15) is 4.79 Å². The van der Waals surface area contributed by atoms with Crippen LogP contribution in [0.15, 0.2) is 12.4 Å². The van der Waals surface area contributed by atoms with Crippen LogP contribution in [0.25, 0.3) is 0 Å². The van der Waals surface area contributed by atoms with Gasteiger partial charge in [-0.25, -0.2) is 9.97 Å². The molecule has 132 valence electrons. The van der Waals surface area contributed by atoms with Crippen molar-refractivity contribution < 1.29 is 4.79 Å². The molecule has 0 N–H and O–H groups in total. The molecule has 6 nitrogen and oxygen atoms in total. The minimum Gasteiger partial charge on any atom is -0.345 e. The molecule has 1 aliphatic carbocycles. The molecule has 1 amide bonds. The first kappa shape index (κ1) is 17.1. The molecule has 0 spiro atoms. The molecular formula is C18H29N5O. The van der Waals surface area contributed by atoms with Gasteiger partial charge in [-0.05, 0) is 31.2 Å². The first-order chi connectivity index (χ1) is 11.8. The van der Waals surface area contributed by atoms with Crippen LogP contribution >= 0.6 is 0 Å². The monoisotopic (exact) mass is 331 g/mol. The molecule has 1 aromatic rings. The van der Waals surface area contributed by atoms with E-state index in [1.807, 2.05) is 17.3 Å². The number of carbonyl (C=O) groups excluding carboxylic acids is 1. The van der Waals surface area contributed by atoms with Gasteiger partial charge in [0.2, 0.25) is 12.4 Å². The van der Waals surface area contributed by atoms with E-state index in [-0.39, 0.29) is 0 Å². The fraction of sp³-hybridized carbons (Fsp3) is 0.722. The third-order valence-corrected chi connectivity index (χ3v) is 5.23. The molecule has 1 aliphatic heterocycles. The van der Waals surface area contributed by atoms with Crippen molar-refractivity contribution in [1.29, 1.82) is 0 Å². The summed E-state index contributed by atoms with van der Waals surface area (Å²) in [6.07, 6.45) is 10.7. The molecule has 24 heavy (non-hydrogen) atoms. The highest BCUT2D eigenvalue weighted by atomic mass is 16.1. The Kier molecular flexibility index (Phi) is 6.01. The van der Waals surface area contributed by atoms with Gasteiger partial charge in [-0.15, -0.1) is 0 Å². The predicted molar refractivity (Wildman–Crippen MR) is 95.1 cm³/mol. The molecule has 2 heterocycles. The molecular weight excluding hydrogens is 302 g/mol. The Labute approximate surface area is 144 Å². The van der Waals surface area contributed by atoms with E-state index < -0.39 is 0 Å². The second kappa shape index (κ2) is 8.42. The molecule has 1 saturated heterocycles. The molecule has 2 fully saturated rings. The highest BCUT2D eigenvalue weighted by Gasteiger charge is 2.28. The molecule has 0 aromatic carbocycles. The van der Waals surface area contributed by atoms with Gasteiger partial charge in [0, 0.05) is 57.7 Å². The summed E-state index contributed by atoms with van der Waals surface area (Å²) in [5, 5.41) is 0. The van der Waals surface area contributed by atoms with Gasteiger partial charge in [0.25, 0.3) is 0 Å². The number of anilines is 1. The topological polar surface area (TPSA) is 52.6 Å². The van der Waals surface area contributed by atoms with Gasteiger partial charge < -0.3 is 9.80 Å². The van der Waals surface area contributed by atoms with Crippen molar-refractivity contribution >= 4 is 12.4 Å². The SMILES string of the molecule is CCCN(C=O)CCc1cnc(N2CCN(C3CCC3)CC2)nc1. The second-order valence-electron chi connectivity index (χ2n) is 6.89. The summed E-state index contributed by atoms with van der Waals surface area (Å²) in [5.41, 5.74) is 1.09. The Hall–Kier alpha value is -1.69.